The number of aryl methyl sites for hydroxylation is 1. The van der Waals surface area contributed by atoms with Crippen LogP contribution in [0.1, 0.15) is 12.0 Å². The first-order valence-electron chi connectivity index (χ1n) is 6.50. The molecule has 2 rings (SSSR count). The van der Waals surface area contributed by atoms with Crippen molar-refractivity contribution in [2.24, 2.45) is 0 Å². The molecule has 1 amide bonds. The van der Waals surface area contributed by atoms with Gasteiger partial charge in [0.15, 0.2) is 11.5 Å². The molecule has 1 aliphatic heterocycles. The van der Waals surface area contributed by atoms with Crippen LogP contribution in [-0.4, -0.2) is 43.9 Å². The van der Waals surface area contributed by atoms with Crippen molar-refractivity contribution in [3.63, 3.8) is 0 Å². The van der Waals surface area contributed by atoms with Crippen molar-refractivity contribution < 1.29 is 19.4 Å². The van der Waals surface area contributed by atoms with E-state index in [-0.39, 0.29) is 24.4 Å². The van der Waals surface area contributed by atoms with Crippen molar-refractivity contribution in [2.45, 2.75) is 25.5 Å². The van der Waals surface area contributed by atoms with Crippen molar-refractivity contribution in [3.8, 4) is 11.5 Å². The Morgan fingerprint density at radius 2 is 1.95 bits per heavy atom. The van der Waals surface area contributed by atoms with Crippen LogP contribution in [0.15, 0.2) is 12.1 Å². The first kappa shape index (κ1) is 17.6. The van der Waals surface area contributed by atoms with Crippen LogP contribution in [0.3, 0.4) is 0 Å². The van der Waals surface area contributed by atoms with Crippen molar-refractivity contribution in [3.05, 3.63) is 17.7 Å². The highest BCUT2D eigenvalue weighted by Crippen LogP contribution is 2.33. The van der Waals surface area contributed by atoms with Crippen LogP contribution in [-0.2, 0) is 4.79 Å². The quantitative estimate of drug-likeness (QED) is 0.775. The Morgan fingerprint density at radius 3 is 2.48 bits per heavy atom. The van der Waals surface area contributed by atoms with E-state index in [4.69, 9.17) is 9.47 Å². The second-order valence-electron chi connectivity index (χ2n) is 4.86. The summed E-state index contributed by atoms with van der Waals surface area (Å²) in [7, 11) is 3.12. The van der Waals surface area contributed by atoms with Gasteiger partial charge in [0.2, 0.25) is 5.91 Å². The van der Waals surface area contributed by atoms with E-state index in [1.54, 1.807) is 20.3 Å². The SMILES string of the molecule is COc1cc(C)c(NC(=O)C2CC(O)CN2)cc1OC.Cl. The number of carbonyl (C=O) groups is 1. The number of rotatable bonds is 4. The number of amides is 1. The fourth-order valence-electron chi connectivity index (χ4n) is 2.25. The molecule has 0 aromatic heterocycles. The third kappa shape index (κ3) is 4.00. The highest BCUT2D eigenvalue weighted by molar-refractivity contribution is 5.96. The lowest BCUT2D eigenvalue weighted by Gasteiger charge is -2.15. The number of anilines is 1. The number of benzene rings is 1. The molecule has 1 aliphatic rings. The molecule has 2 unspecified atom stereocenters. The molecule has 21 heavy (non-hydrogen) atoms. The van der Waals surface area contributed by atoms with Crippen LogP contribution >= 0.6 is 12.4 Å². The van der Waals surface area contributed by atoms with Gasteiger partial charge in [-0.3, -0.25) is 4.79 Å². The first-order valence-corrected chi connectivity index (χ1v) is 6.50. The summed E-state index contributed by atoms with van der Waals surface area (Å²) in [5.41, 5.74) is 1.56. The van der Waals surface area contributed by atoms with Gasteiger partial charge < -0.3 is 25.2 Å². The maximum Gasteiger partial charge on any atom is 0.241 e. The lowest BCUT2D eigenvalue weighted by atomic mass is 10.1. The molecule has 118 valence electrons. The van der Waals surface area contributed by atoms with E-state index in [1.165, 1.54) is 0 Å². The zero-order chi connectivity index (χ0) is 14.7. The van der Waals surface area contributed by atoms with Crippen LogP contribution in [0, 0.1) is 6.92 Å². The number of carbonyl (C=O) groups excluding carboxylic acids is 1. The van der Waals surface area contributed by atoms with Crippen molar-refractivity contribution >= 4 is 24.0 Å². The van der Waals surface area contributed by atoms with E-state index in [2.05, 4.69) is 10.6 Å². The number of aliphatic hydroxyl groups is 1. The maximum absolute atomic E-state index is 12.1. The Labute approximate surface area is 130 Å². The zero-order valence-electron chi connectivity index (χ0n) is 12.3. The lowest BCUT2D eigenvalue weighted by molar-refractivity contribution is -0.117. The summed E-state index contributed by atoms with van der Waals surface area (Å²) >= 11 is 0. The number of β-amino-alcohol motifs (C(OH)–C–C–N with tert-alkyl or cyclic N) is 1. The fourth-order valence-corrected chi connectivity index (χ4v) is 2.25. The molecule has 1 aromatic rings. The molecule has 2 atom stereocenters. The second-order valence-corrected chi connectivity index (χ2v) is 4.86. The van der Waals surface area contributed by atoms with Gasteiger partial charge in [-0.2, -0.15) is 0 Å². The van der Waals surface area contributed by atoms with Crippen molar-refractivity contribution in [2.75, 3.05) is 26.1 Å². The zero-order valence-corrected chi connectivity index (χ0v) is 13.1. The Bertz CT molecular complexity index is 510. The molecule has 0 aliphatic carbocycles. The Morgan fingerprint density at radius 1 is 1.33 bits per heavy atom. The van der Waals surface area contributed by atoms with Gasteiger partial charge in [-0.05, 0) is 25.0 Å². The van der Waals surface area contributed by atoms with Gasteiger partial charge in [0.25, 0.3) is 0 Å². The summed E-state index contributed by atoms with van der Waals surface area (Å²) in [6.07, 6.45) is -0.0321. The van der Waals surface area contributed by atoms with Crippen molar-refractivity contribution in [1.29, 1.82) is 0 Å². The molecule has 3 N–H and O–H groups in total. The monoisotopic (exact) mass is 316 g/mol. The molecular formula is C14H21ClN2O4. The van der Waals surface area contributed by atoms with E-state index < -0.39 is 6.10 Å². The number of ether oxygens (including phenoxy) is 2. The maximum atomic E-state index is 12.1. The molecule has 0 radical (unpaired) electrons. The predicted molar refractivity (Wildman–Crippen MR) is 82.6 cm³/mol. The Hall–Kier alpha value is -1.50. The molecule has 6 nitrogen and oxygen atoms in total. The minimum Gasteiger partial charge on any atom is -0.493 e. The first-order chi connectivity index (χ1) is 9.55. The van der Waals surface area contributed by atoms with E-state index in [1.807, 2.05) is 13.0 Å². The van der Waals surface area contributed by atoms with Gasteiger partial charge in [-0.1, -0.05) is 0 Å². The number of methoxy groups -OCH3 is 2. The van der Waals surface area contributed by atoms with Crippen LogP contribution in [0.25, 0.3) is 0 Å². The minimum absolute atomic E-state index is 0. The molecule has 1 saturated heterocycles. The number of hydrogen-bond acceptors (Lipinski definition) is 5. The topological polar surface area (TPSA) is 79.8 Å². The smallest absolute Gasteiger partial charge is 0.241 e. The summed E-state index contributed by atoms with van der Waals surface area (Å²) in [5.74, 6) is 1.03. The average molecular weight is 317 g/mol. The van der Waals surface area contributed by atoms with E-state index >= 15 is 0 Å². The highest BCUT2D eigenvalue weighted by atomic mass is 35.5. The fraction of sp³-hybridized carbons (Fsp3) is 0.500. The predicted octanol–water partition coefficient (Wildman–Crippen LogP) is 1.10. The van der Waals surface area contributed by atoms with Gasteiger partial charge in [-0.25, -0.2) is 0 Å². The molecule has 1 aromatic carbocycles. The molecule has 1 heterocycles. The van der Waals surface area contributed by atoms with Gasteiger partial charge in [0, 0.05) is 18.3 Å². The standard InChI is InChI=1S/C14H20N2O4.ClH/c1-8-4-12(19-2)13(20-3)6-10(8)16-14(18)11-5-9(17)7-15-11;/h4,6,9,11,15,17H,5,7H2,1-3H3,(H,16,18);1H. The largest absolute Gasteiger partial charge is 0.493 e. The van der Waals surface area contributed by atoms with Crippen LogP contribution in [0.2, 0.25) is 0 Å². The summed E-state index contributed by atoms with van der Waals surface area (Å²) in [6, 6.07) is 3.18. The Balaban J connectivity index is 0.00000220. The average Bonchev–Trinajstić information content (AvgIpc) is 2.87. The van der Waals surface area contributed by atoms with Gasteiger partial charge in [0.1, 0.15) is 0 Å². The molecule has 0 spiro atoms. The highest BCUT2D eigenvalue weighted by Gasteiger charge is 2.28. The second kappa shape index (κ2) is 7.49. The van der Waals surface area contributed by atoms with E-state index in [9.17, 15) is 9.90 Å². The third-order valence-corrected chi connectivity index (χ3v) is 3.41. The number of hydrogen-bond donors (Lipinski definition) is 3. The third-order valence-electron chi connectivity index (χ3n) is 3.41. The summed E-state index contributed by atoms with van der Waals surface area (Å²) < 4.78 is 10.4. The number of nitrogens with one attached hydrogen (secondary N) is 2. The van der Waals surface area contributed by atoms with Crippen molar-refractivity contribution in [1.82, 2.24) is 5.32 Å². The molecular weight excluding hydrogens is 296 g/mol. The molecule has 0 bridgehead atoms. The van der Waals surface area contributed by atoms with Gasteiger partial charge in [0.05, 0.1) is 26.4 Å². The lowest BCUT2D eigenvalue weighted by Crippen LogP contribution is -2.35. The van der Waals surface area contributed by atoms with Gasteiger partial charge >= 0.3 is 0 Å². The summed E-state index contributed by atoms with van der Waals surface area (Å²) in [5, 5.41) is 15.3. The normalized spacial score (nSPS) is 20.6. The molecule has 0 saturated carbocycles. The van der Waals surface area contributed by atoms with Crippen LogP contribution < -0.4 is 20.1 Å². The van der Waals surface area contributed by atoms with E-state index in [0.717, 1.165) is 5.56 Å². The van der Waals surface area contributed by atoms with Crippen LogP contribution in [0.4, 0.5) is 5.69 Å². The summed E-state index contributed by atoms with van der Waals surface area (Å²) in [4.78, 5) is 12.1. The van der Waals surface area contributed by atoms with Gasteiger partial charge in [-0.15, -0.1) is 12.4 Å². The minimum atomic E-state index is -0.461. The molecule has 7 heteroatoms. The van der Waals surface area contributed by atoms with Crippen LogP contribution in [0.5, 0.6) is 11.5 Å². The summed E-state index contributed by atoms with van der Waals surface area (Å²) in [6.45, 7) is 2.33. The number of aliphatic hydroxyl groups excluding tert-OH is 1. The molecule has 1 fully saturated rings. The Kier molecular flexibility index (Phi) is 6.26. The number of halogens is 1. The van der Waals surface area contributed by atoms with E-state index in [0.29, 0.717) is 30.2 Å².